The first kappa shape index (κ1) is 18.7. The number of amides is 1. The molecule has 0 unspecified atom stereocenters. The highest BCUT2D eigenvalue weighted by atomic mass is 16.2. The number of carbonyl (C=O) groups is 1. The van der Waals surface area contributed by atoms with Gasteiger partial charge in [-0.15, -0.1) is 0 Å². The Morgan fingerprint density at radius 3 is 2.82 bits per heavy atom. The number of nitrogens with zero attached hydrogens (tertiary/aromatic N) is 3. The minimum Gasteiger partial charge on any atom is -0.336 e. The lowest BCUT2D eigenvalue weighted by Gasteiger charge is -2.37. The molecule has 1 aliphatic rings. The molecule has 0 saturated carbocycles. The third kappa shape index (κ3) is 4.09. The number of benzene rings is 2. The van der Waals surface area contributed by atoms with E-state index in [1.165, 1.54) is 5.56 Å². The number of hydrogen-bond acceptors (Lipinski definition) is 3. The first-order valence-corrected chi connectivity index (χ1v) is 10.2. The molecule has 3 aromatic rings. The Morgan fingerprint density at radius 1 is 1.18 bits per heavy atom. The van der Waals surface area contributed by atoms with Crippen LogP contribution in [-0.2, 0) is 6.42 Å². The predicted molar refractivity (Wildman–Crippen MR) is 112 cm³/mol. The second-order valence-corrected chi connectivity index (χ2v) is 7.72. The van der Waals surface area contributed by atoms with Gasteiger partial charge in [0.2, 0.25) is 0 Å². The quantitative estimate of drug-likeness (QED) is 0.713. The van der Waals surface area contributed by atoms with Crippen LogP contribution in [0.25, 0.3) is 10.9 Å². The lowest BCUT2D eigenvalue weighted by Crippen LogP contribution is -2.48. The number of likely N-dealkylation sites (N-methyl/N-ethyl adjacent to an activating group) is 1. The van der Waals surface area contributed by atoms with Gasteiger partial charge in [0.25, 0.3) is 5.91 Å². The summed E-state index contributed by atoms with van der Waals surface area (Å²) in [7, 11) is 1.92. The molecule has 1 N–H and O–H groups in total. The van der Waals surface area contributed by atoms with Gasteiger partial charge < -0.3 is 9.80 Å². The van der Waals surface area contributed by atoms with Gasteiger partial charge in [-0.3, -0.25) is 9.89 Å². The van der Waals surface area contributed by atoms with E-state index in [-0.39, 0.29) is 11.9 Å². The number of fused-ring (bicyclic) bond motifs is 1. The number of para-hydroxylation sites is 1. The summed E-state index contributed by atoms with van der Waals surface area (Å²) in [6.45, 7) is 3.15. The Bertz CT molecular complexity index is 921. The summed E-state index contributed by atoms with van der Waals surface area (Å²) < 4.78 is 0. The highest BCUT2D eigenvalue weighted by Crippen LogP contribution is 2.21. The maximum Gasteiger partial charge on any atom is 0.275 e. The molecule has 5 nitrogen and oxygen atoms in total. The van der Waals surface area contributed by atoms with Gasteiger partial charge >= 0.3 is 0 Å². The molecule has 2 heterocycles. The molecule has 0 bridgehead atoms. The molecule has 4 rings (SSSR count). The summed E-state index contributed by atoms with van der Waals surface area (Å²) in [5.74, 6) is 0.00795. The standard InChI is InChI=1S/C23H28N4O/c1-26(23(28)22-20-13-5-6-14-21(20)24-25-22)19-12-8-16-27(17-19)15-7-11-18-9-3-2-4-10-18/h2-6,9-10,13-14,19H,7-8,11-12,15-17H2,1H3,(H,24,25)/t19-/m0/s1. The fourth-order valence-corrected chi connectivity index (χ4v) is 4.16. The second kappa shape index (κ2) is 8.57. The van der Waals surface area contributed by atoms with Gasteiger partial charge in [-0.05, 0) is 50.4 Å². The lowest BCUT2D eigenvalue weighted by molar-refractivity contribution is 0.0613. The van der Waals surface area contributed by atoms with Crippen LogP contribution in [0, 0.1) is 0 Å². The van der Waals surface area contributed by atoms with E-state index in [2.05, 4.69) is 45.4 Å². The normalized spacial score (nSPS) is 17.7. The highest BCUT2D eigenvalue weighted by Gasteiger charge is 2.28. The molecule has 5 heteroatoms. The topological polar surface area (TPSA) is 52.2 Å². The van der Waals surface area contributed by atoms with Crippen LogP contribution >= 0.6 is 0 Å². The third-order valence-electron chi connectivity index (χ3n) is 5.80. The summed E-state index contributed by atoms with van der Waals surface area (Å²) in [6.07, 6.45) is 4.45. The van der Waals surface area contributed by atoms with Crippen LogP contribution in [0.1, 0.15) is 35.3 Å². The Morgan fingerprint density at radius 2 is 1.96 bits per heavy atom. The number of likely N-dealkylation sites (tertiary alicyclic amines) is 1. The Hall–Kier alpha value is -2.66. The fourth-order valence-electron chi connectivity index (χ4n) is 4.16. The molecular weight excluding hydrogens is 348 g/mol. The Labute approximate surface area is 166 Å². The second-order valence-electron chi connectivity index (χ2n) is 7.72. The minimum atomic E-state index is 0.00795. The number of carbonyl (C=O) groups excluding carboxylic acids is 1. The molecule has 1 aromatic heterocycles. The zero-order chi connectivity index (χ0) is 19.3. The number of piperidine rings is 1. The zero-order valence-corrected chi connectivity index (χ0v) is 16.5. The smallest absolute Gasteiger partial charge is 0.275 e. The highest BCUT2D eigenvalue weighted by molar-refractivity contribution is 6.04. The Balaban J connectivity index is 1.35. The summed E-state index contributed by atoms with van der Waals surface area (Å²) in [5.41, 5.74) is 2.83. The van der Waals surface area contributed by atoms with Crippen molar-refractivity contribution in [1.29, 1.82) is 0 Å². The van der Waals surface area contributed by atoms with Crippen LogP contribution in [0.15, 0.2) is 54.6 Å². The number of nitrogens with one attached hydrogen (secondary N) is 1. The van der Waals surface area contributed by atoms with Crippen LogP contribution in [0.2, 0.25) is 0 Å². The molecular formula is C23H28N4O. The van der Waals surface area contributed by atoms with Crippen molar-refractivity contribution in [3.63, 3.8) is 0 Å². The average Bonchev–Trinajstić information content (AvgIpc) is 3.18. The number of hydrogen-bond donors (Lipinski definition) is 1. The van der Waals surface area contributed by atoms with Crippen LogP contribution in [-0.4, -0.2) is 58.6 Å². The molecule has 2 aromatic carbocycles. The summed E-state index contributed by atoms with van der Waals surface area (Å²) in [4.78, 5) is 17.4. The minimum absolute atomic E-state index is 0.00795. The first-order valence-electron chi connectivity index (χ1n) is 10.2. The van der Waals surface area contributed by atoms with E-state index < -0.39 is 0 Å². The van der Waals surface area contributed by atoms with E-state index in [1.807, 2.05) is 36.2 Å². The van der Waals surface area contributed by atoms with Crippen LogP contribution in [0.4, 0.5) is 0 Å². The average molecular weight is 377 g/mol. The molecule has 146 valence electrons. The number of rotatable bonds is 6. The molecule has 1 aliphatic heterocycles. The molecule has 1 saturated heterocycles. The molecule has 1 atom stereocenters. The maximum atomic E-state index is 13.0. The van der Waals surface area contributed by atoms with Crippen molar-refractivity contribution in [3.8, 4) is 0 Å². The van der Waals surface area contributed by atoms with Gasteiger partial charge in [-0.2, -0.15) is 5.10 Å². The van der Waals surface area contributed by atoms with Crippen molar-refractivity contribution in [1.82, 2.24) is 20.0 Å². The van der Waals surface area contributed by atoms with Crippen molar-refractivity contribution in [2.24, 2.45) is 0 Å². The van der Waals surface area contributed by atoms with E-state index >= 15 is 0 Å². The fraction of sp³-hybridized carbons (Fsp3) is 0.391. The van der Waals surface area contributed by atoms with Gasteiger partial charge in [0.1, 0.15) is 0 Å². The van der Waals surface area contributed by atoms with Crippen LogP contribution in [0.3, 0.4) is 0 Å². The van der Waals surface area contributed by atoms with E-state index in [0.717, 1.165) is 56.2 Å². The van der Waals surface area contributed by atoms with Crippen molar-refractivity contribution in [3.05, 3.63) is 65.9 Å². The van der Waals surface area contributed by atoms with Crippen molar-refractivity contribution < 1.29 is 4.79 Å². The lowest BCUT2D eigenvalue weighted by atomic mass is 10.0. The number of aryl methyl sites for hydroxylation is 1. The van der Waals surface area contributed by atoms with E-state index in [1.54, 1.807) is 0 Å². The van der Waals surface area contributed by atoms with Gasteiger partial charge in [-0.1, -0.05) is 48.5 Å². The molecule has 0 radical (unpaired) electrons. The first-order chi connectivity index (χ1) is 13.7. The van der Waals surface area contributed by atoms with Crippen LogP contribution in [0.5, 0.6) is 0 Å². The summed E-state index contributed by atoms with van der Waals surface area (Å²) in [6, 6.07) is 18.7. The maximum absolute atomic E-state index is 13.0. The van der Waals surface area contributed by atoms with E-state index in [0.29, 0.717) is 5.69 Å². The monoisotopic (exact) mass is 376 g/mol. The number of H-pyrrole nitrogens is 1. The van der Waals surface area contributed by atoms with Crippen molar-refractivity contribution in [2.45, 2.75) is 31.7 Å². The van der Waals surface area contributed by atoms with Crippen molar-refractivity contribution in [2.75, 3.05) is 26.7 Å². The summed E-state index contributed by atoms with van der Waals surface area (Å²) in [5, 5.41) is 8.15. The van der Waals surface area contributed by atoms with Gasteiger partial charge in [0.05, 0.1) is 5.52 Å². The molecule has 28 heavy (non-hydrogen) atoms. The SMILES string of the molecule is CN(C(=O)c1n[nH]c2ccccc12)[C@H]1CCCN(CCCc2ccccc2)C1. The van der Waals surface area contributed by atoms with E-state index in [4.69, 9.17) is 0 Å². The van der Waals surface area contributed by atoms with Gasteiger partial charge in [0, 0.05) is 25.0 Å². The zero-order valence-electron chi connectivity index (χ0n) is 16.5. The molecule has 1 amide bonds. The molecule has 1 fully saturated rings. The molecule has 0 aliphatic carbocycles. The number of aromatic amines is 1. The largest absolute Gasteiger partial charge is 0.336 e. The summed E-state index contributed by atoms with van der Waals surface area (Å²) >= 11 is 0. The van der Waals surface area contributed by atoms with Crippen molar-refractivity contribution >= 4 is 16.8 Å². The van der Waals surface area contributed by atoms with Crippen LogP contribution < -0.4 is 0 Å². The van der Waals surface area contributed by atoms with E-state index in [9.17, 15) is 4.79 Å². The molecule has 0 spiro atoms. The van der Waals surface area contributed by atoms with Gasteiger partial charge in [0.15, 0.2) is 5.69 Å². The number of aromatic nitrogens is 2. The Kier molecular flexibility index (Phi) is 5.72. The third-order valence-corrected chi connectivity index (χ3v) is 5.80. The van der Waals surface area contributed by atoms with Gasteiger partial charge in [-0.25, -0.2) is 0 Å². The predicted octanol–water partition coefficient (Wildman–Crippen LogP) is 3.73.